The molecule has 0 saturated heterocycles. The van der Waals surface area contributed by atoms with E-state index in [2.05, 4.69) is 36.0 Å². The lowest BCUT2D eigenvalue weighted by atomic mass is 9.82. The van der Waals surface area contributed by atoms with Crippen molar-refractivity contribution in [2.75, 3.05) is 0 Å². The van der Waals surface area contributed by atoms with Crippen molar-refractivity contribution >= 4 is 32.6 Å². The average molecular weight is 431 g/mol. The molecule has 4 aromatic carbocycles. The Kier molecular flexibility index (Phi) is 4.45. The summed E-state index contributed by atoms with van der Waals surface area (Å²) in [6.45, 7) is 6.31. The van der Waals surface area contributed by atoms with Gasteiger partial charge in [-0.25, -0.2) is 4.98 Å². The van der Waals surface area contributed by atoms with Crippen LogP contribution in [0.4, 0.5) is 13.2 Å². The van der Waals surface area contributed by atoms with Gasteiger partial charge in [0, 0.05) is 5.56 Å². The maximum absolute atomic E-state index is 14.1. The maximum Gasteiger partial charge on any atom is 0.419 e. The first kappa shape index (κ1) is 20.4. The van der Waals surface area contributed by atoms with Gasteiger partial charge in [0.1, 0.15) is 11.0 Å². The normalized spacial score (nSPS) is 12.7. The fraction of sp³-hybridized carbons (Fsp3) is 0.192. The van der Waals surface area contributed by atoms with E-state index in [1.165, 1.54) is 6.07 Å². The Morgan fingerprint density at radius 2 is 1.34 bits per heavy atom. The average Bonchev–Trinajstić information content (AvgIpc) is 2.74. The molecule has 3 nitrogen and oxygen atoms in total. The zero-order valence-electron chi connectivity index (χ0n) is 17.8. The summed E-state index contributed by atoms with van der Waals surface area (Å²) in [6.07, 6.45) is -4.58. The van der Waals surface area contributed by atoms with E-state index >= 15 is 0 Å². The van der Waals surface area contributed by atoms with Gasteiger partial charge in [-0.05, 0) is 50.7 Å². The predicted molar refractivity (Wildman–Crippen MR) is 121 cm³/mol. The molecule has 1 heterocycles. The summed E-state index contributed by atoms with van der Waals surface area (Å²) >= 11 is 0. The van der Waals surface area contributed by atoms with Gasteiger partial charge in [0.2, 0.25) is 0 Å². The molecule has 5 aromatic rings. The molecular weight excluding hydrogens is 411 g/mol. The maximum atomic E-state index is 14.1. The first-order chi connectivity index (χ1) is 15.1. The van der Waals surface area contributed by atoms with E-state index in [0.717, 1.165) is 16.3 Å². The van der Waals surface area contributed by atoms with Crippen LogP contribution in [0.5, 0.6) is 0 Å². The Bertz CT molecular complexity index is 1500. The van der Waals surface area contributed by atoms with Gasteiger partial charge in [0.05, 0.1) is 5.56 Å². The molecule has 0 atom stereocenters. The highest BCUT2D eigenvalue weighted by Gasteiger charge is 2.36. The molecule has 0 saturated carbocycles. The van der Waals surface area contributed by atoms with E-state index in [1.54, 1.807) is 24.3 Å². The standard InChI is InChI=1S/C26H20F3N3/c1-25(2,3)20-13-17(12-15-8-4-6-10-18(15)20)24-30-23-21(31-32-24)14-16-9-5-7-11-19(16)22(23)26(27,28)29/h4-14H,1-3H3. The molecule has 0 aliphatic rings. The Hall–Kier alpha value is -3.54. The minimum atomic E-state index is -4.58. The first-order valence-corrected chi connectivity index (χ1v) is 10.3. The molecule has 160 valence electrons. The molecular formula is C26H20F3N3. The topological polar surface area (TPSA) is 38.7 Å². The molecule has 5 rings (SSSR count). The lowest BCUT2D eigenvalue weighted by Crippen LogP contribution is -2.12. The van der Waals surface area contributed by atoms with Crippen LogP contribution < -0.4 is 0 Å². The third kappa shape index (κ3) is 3.36. The zero-order valence-corrected chi connectivity index (χ0v) is 17.8. The van der Waals surface area contributed by atoms with Gasteiger partial charge in [-0.15, -0.1) is 10.2 Å². The molecule has 1 aromatic heterocycles. The third-order valence-electron chi connectivity index (χ3n) is 5.68. The second-order valence-corrected chi connectivity index (χ2v) is 8.97. The molecule has 0 spiro atoms. The summed E-state index contributed by atoms with van der Waals surface area (Å²) in [6, 6.07) is 19.8. The van der Waals surface area contributed by atoms with E-state index in [9.17, 15) is 13.2 Å². The van der Waals surface area contributed by atoms with Gasteiger partial charge >= 0.3 is 6.18 Å². The van der Waals surface area contributed by atoms with Gasteiger partial charge < -0.3 is 0 Å². The van der Waals surface area contributed by atoms with E-state index in [4.69, 9.17) is 0 Å². The molecule has 0 aliphatic carbocycles. The number of hydrogen-bond donors (Lipinski definition) is 0. The molecule has 0 fully saturated rings. The molecule has 0 amide bonds. The number of hydrogen-bond acceptors (Lipinski definition) is 3. The second-order valence-electron chi connectivity index (χ2n) is 8.97. The number of alkyl halides is 3. The smallest absolute Gasteiger partial charge is 0.224 e. The van der Waals surface area contributed by atoms with Crippen LogP contribution in [0.2, 0.25) is 0 Å². The van der Waals surface area contributed by atoms with Crippen molar-refractivity contribution in [3.05, 3.63) is 77.9 Å². The van der Waals surface area contributed by atoms with Crippen LogP contribution in [0.25, 0.3) is 44.0 Å². The summed E-state index contributed by atoms with van der Waals surface area (Å²) in [5.74, 6) is 0.175. The van der Waals surface area contributed by atoms with Crippen LogP contribution >= 0.6 is 0 Å². The van der Waals surface area contributed by atoms with E-state index in [1.807, 2.05) is 36.4 Å². The van der Waals surface area contributed by atoms with Crippen LogP contribution in [0.1, 0.15) is 31.9 Å². The predicted octanol–water partition coefficient (Wildman–Crippen LogP) is 7.31. The summed E-state index contributed by atoms with van der Waals surface area (Å²) in [5.41, 5.74) is 0.697. The van der Waals surface area contributed by atoms with E-state index in [-0.39, 0.29) is 27.7 Å². The minimum absolute atomic E-state index is 0.104. The molecule has 0 N–H and O–H groups in total. The van der Waals surface area contributed by atoms with Crippen molar-refractivity contribution in [1.29, 1.82) is 0 Å². The van der Waals surface area contributed by atoms with Crippen LogP contribution in [0, 0.1) is 0 Å². The number of nitrogens with zero attached hydrogens (tertiary/aromatic N) is 3. The molecule has 6 heteroatoms. The molecule has 0 aliphatic heterocycles. The molecule has 0 bridgehead atoms. The second kappa shape index (κ2) is 6.99. The quantitative estimate of drug-likeness (QED) is 0.261. The first-order valence-electron chi connectivity index (χ1n) is 10.3. The highest BCUT2D eigenvalue weighted by molar-refractivity contribution is 6.00. The van der Waals surface area contributed by atoms with Gasteiger partial charge in [0.15, 0.2) is 5.82 Å². The Morgan fingerprint density at radius 1 is 0.719 bits per heavy atom. The number of halogens is 3. The minimum Gasteiger partial charge on any atom is -0.224 e. The van der Waals surface area contributed by atoms with E-state index in [0.29, 0.717) is 10.9 Å². The largest absolute Gasteiger partial charge is 0.419 e. The van der Waals surface area contributed by atoms with Crippen LogP contribution in [-0.4, -0.2) is 15.2 Å². The highest BCUT2D eigenvalue weighted by atomic mass is 19.4. The van der Waals surface area contributed by atoms with Crippen molar-refractivity contribution in [1.82, 2.24) is 15.2 Å². The summed E-state index contributed by atoms with van der Waals surface area (Å²) < 4.78 is 42.4. The monoisotopic (exact) mass is 431 g/mol. The van der Waals surface area contributed by atoms with Crippen molar-refractivity contribution in [2.45, 2.75) is 32.4 Å². The fourth-order valence-corrected chi connectivity index (χ4v) is 4.21. The van der Waals surface area contributed by atoms with Crippen molar-refractivity contribution in [2.24, 2.45) is 0 Å². The summed E-state index contributed by atoms with van der Waals surface area (Å²) in [4.78, 5) is 4.40. The van der Waals surface area contributed by atoms with Gasteiger partial charge in [-0.3, -0.25) is 0 Å². The third-order valence-corrected chi connectivity index (χ3v) is 5.68. The Morgan fingerprint density at radius 3 is 2.00 bits per heavy atom. The van der Waals surface area contributed by atoms with Gasteiger partial charge in [-0.2, -0.15) is 13.2 Å². The number of rotatable bonds is 1. The van der Waals surface area contributed by atoms with Crippen molar-refractivity contribution in [3.8, 4) is 11.4 Å². The van der Waals surface area contributed by atoms with Crippen molar-refractivity contribution < 1.29 is 13.2 Å². The van der Waals surface area contributed by atoms with E-state index < -0.39 is 11.7 Å². The highest BCUT2D eigenvalue weighted by Crippen LogP contribution is 2.40. The SMILES string of the molecule is CC(C)(C)c1cc(-c2nnc3cc4ccccc4c(C(F)(F)F)c3n2)cc2ccccc12. The molecule has 32 heavy (non-hydrogen) atoms. The summed E-state index contributed by atoms with van der Waals surface area (Å²) in [7, 11) is 0. The van der Waals surface area contributed by atoms with Gasteiger partial charge in [-0.1, -0.05) is 69.3 Å². The number of fused-ring (bicyclic) bond motifs is 3. The zero-order chi connectivity index (χ0) is 22.7. The lowest BCUT2D eigenvalue weighted by Gasteiger charge is -2.22. The van der Waals surface area contributed by atoms with Crippen LogP contribution in [-0.2, 0) is 11.6 Å². The lowest BCUT2D eigenvalue weighted by molar-refractivity contribution is -0.135. The Balaban J connectivity index is 1.83. The van der Waals surface area contributed by atoms with Gasteiger partial charge in [0.25, 0.3) is 0 Å². The summed E-state index contributed by atoms with van der Waals surface area (Å²) in [5, 5.41) is 11.0. The van der Waals surface area contributed by atoms with Crippen molar-refractivity contribution in [3.63, 3.8) is 0 Å². The van der Waals surface area contributed by atoms with Crippen LogP contribution in [0.15, 0.2) is 66.7 Å². The fourth-order valence-electron chi connectivity index (χ4n) is 4.21. The number of aromatic nitrogens is 3. The Labute approximate surface area is 182 Å². The van der Waals surface area contributed by atoms with Crippen LogP contribution in [0.3, 0.4) is 0 Å². The molecule has 0 unspecified atom stereocenters. The number of benzene rings is 4. The molecule has 0 radical (unpaired) electrons.